The second kappa shape index (κ2) is 8.83. The van der Waals surface area contributed by atoms with Gasteiger partial charge in [0, 0.05) is 17.9 Å². The zero-order valence-corrected chi connectivity index (χ0v) is 19.4. The Balaban J connectivity index is 1.51. The van der Waals surface area contributed by atoms with Crippen molar-refractivity contribution in [3.05, 3.63) is 88.3 Å². The molecule has 2 aromatic carbocycles. The molecule has 0 radical (unpaired) electrons. The minimum atomic E-state index is -0.191. The Morgan fingerprint density at radius 3 is 2.70 bits per heavy atom. The van der Waals surface area contributed by atoms with Crippen LogP contribution >= 0.6 is 11.8 Å². The number of carbonyl (C=O) groups excluding carboxylic acids is 1. The molecule has 33 heavy (non-hydrogen) atoms. The largest absolute Gasteiger partial charge is 0.309 e. The molecule has 2 aromatic heterocycles. The predicted molar refractivity (Wildman–Crippen MR) is 132 cm³/mol. The number of nitrogens with zero attached hydrogens (tertiary/aromatic N) is 4. The van der Waals surface area contributed by atoms with Gasteiger partial charge in [0.1, 0.15) is 5.82 Å². The van der Waals surface area contributed by atoms with Gasteiger partial charge in [0.15, 0.2) is 5.16 Å². The van der Waals surface area contributed by atoms with Crippen molar-refractivity contribution in [1.29, 1.82) is 0 Å². The molecule has 0 bridgehead atoms. The lowest BCUT2D eigenvalue weighted by Gasteiger charge is -2.35. The zero-order valence-electron chi connectivity index (χ0n) is 18.6. The monoisotopic (exact) mass is 456 g/mol. The fraction of sp³-hybridized carbons (Fsp3) is 0.231. The third-order valence-electron chi connectivity index (χ3n) is 5.99. The van der Waals surface area contributed by atoms with Crippen LogP contribution in [-0.2, 0) is 11.2 Å². The number of carbonyl (C=O) groups is 1. The summed E-state index contributed by atoms with van der Waals surface area (Å²) in [6.45, 7) is 4.03. The number of anilines is 1. The third kappa shape index (κ3) is 4.04. The second-order valence-electron chi connectivity index (χ2n) is 8.31. The van der Waals surface area contributed by atoms with Crippen molar-refractivity contribution < 1.29 is 4.79 Å². The van der Waals surface area contributed by atoms with E-state index in [1.807, 2.05) is 60.4 Å². The number of thioether (sulfide) groups is 1. The SMILES string of the molecule is Cc1ccc(-n2c(SCC(=O)N3c4ccccc4CCC3C)nc3ccccc3c2=O)nc1. The number of aryl methyl sites for hydroxylation is 2. The van der Waals surface area contributed by atoms with E-state index in [1.54, 1.807) is 12.3 Å². The van der Waals surface area contributed by atoms with Crippen LogP contribution in [0.25, 0.3) is 16.7 Å². The lowest BCUT2D eigenvalue weighted by molar-refractivity contribution is -0.116. The number of para-hydroxylation sites is 2. The number of fused-ring (bicyclic) bond motifs is 2. The van der Waals surface area contributed by atoms with E-state index in [1.165, 1.54) is 21.9 Å². The molecule has 0 saturated carbocycles. The van der Waals surface area contributed by atoms with E-state index in [2.05, 4.69) is 18.0 Å². The van der Waals surface area contributed by atoms with Crippen molar-refractivity contribution in [3.8, 4) is 5.82 Å². The van der Waals surface area contributed by atoms with Crippen LogP contribution in [0.5, 0.6) is 0 Å². The maximum Gasteiger partial charge on any atom is 0.267 e. The molecule has 166 valence electrons. The summed E-state index contributed by atoms with van der Waals surface area (Å²) < 4.78 is 1.51. The minimum Gasteiger partial charge on any atom is -0.309 e. The summed E-state index contributed by atoms with van der Waals surface area (Å²) >= 11 is 1.27. The summed E-state index contributed by atoms with van der Waals surface area (Å²) in [5, 5.41) is 0.982. The van der Waals surface area contributed by atoms with Gasteiger partial charge in [0.2, 0.25) is 5.91 Å². The Bertz CT molecular complexity index is 1400. The third-order valence-corrected chi connectivity index (χ3v) is 6.91. The molecule has 6 nitrogen and oxygen atoms in total. The molecule has 1 amide bonds. The molecule has 1 atom stereocenters. The maximum atomic E-state index is 13.4. The highest BCUT2D eigenvalue weighted by molar-refractivity contribution is 7.99. The molecular weight excluding hydrogens is 432 g/mol. The van der Waals surface area contributed by atoms with Gasteiger partial charge in [-0.25, -0.2) is 14.5 Å². The first-order chi connectivity index (χ1) is 16.0. The van der Waals surface area contributed by atoms with Crippen LogP contribution in [0.3, 0.4) is 0 Å². The Kier molecular flexibility index (Phi) is 5.72. The molecule has 1 aliphatic heterocycles. The molecule has 3 heterocycles. The van der Waals surface area contributed by atoms with E-state index in [-0.39, 0.29) is 23.3 Å². The van der Waals surface area contributed by atoms with E-state index in [0.29, 0.717) is 21.9 Å². The van der Waals surface area contributed by atoms with Crippen molar-refractivity contribution >= 4 is 34.3 Å². The van der Waals surface area contributed by atoms with E-state index < -0.39 is 0 Å². The lowest BCUT2D eigenvalue weighted by Crippen LogP contribution is -2.43. The number of hydrogen-bond acceptors (Lipinski definition) is 5. The van der Waals surface area contributed by atoms with Crippen LogP contribution in [0, 0.1) is 6.92 Å². The molecule has 0 N–H and O–H groups in total. The summed E-state index contributed by atoms with van der Waals surface area (Å²) in [5.41, 5.74) is 3.59. The van der Waals surface area contributed by atoms with Gasteiger partial charge < -0.3 is 4.90 Å². The van der Waals surface area contributed by atoms with Crippen molar-refractivity contribution in [1.82, 2.24) is 14.5 Å². The van der Waals surface area contributed by atoms with Crippen molar-refractivity contribution in [2.75, 3.05) is 10.7 Å². The summed E-state index contributed by atoms with van der Waals surface area (Å²) in [4.78, 5) is 37.8. The van der Waals surface area contributed by atoms with Crippen molar-refractivity contribution in [2.24, 2.45) is 0 Å². The molecule has 4 aromatic rings. The topological polar surface area (TPSA) is 68.1 Å². The summed E-state index contributed by atoms with van der Waals surface area (Å²) in [6.07, 6.45) is 3.63. The van der Waals surface area contributed by atoms with Gasteiger partial charge in [0.25, 0.3) is 5.56 Å². The quantitative estimate of drug-likeness (QED) is 0.333. The van der Waals surface area contributed by atoms with Crippen molar-refractivity contribution in [3.63, 3.8) is 0 Å². The average Bonchev–Trinajstić information content (AvgIpc) is 2.83. The zero-order chi connectivity index (χ0) is 22.9. The van der Waals surface area contributed by atoms with Crippen LogP contribution in [0.15, 0.2) is 76.8 Å². The van der Waals surface area contributed by atoms with Gasteiger partial charge in [-0.05, 0) is 62.1 Å². The number of hydrogen-bond donors (Lipinski definition) is 0. The smallest absolute Gasteiger partial charge is 0.267 e. The number of benzene rings is 2. The highest BCUT2D eigenvalue weighted by atomic mass is 32.2. The molecule has 0 spiro atoms. The Morgan fingerprint density at radius 2 is 1.88 bits per heavy atom. The van der Waals surface area contributed by atoms with E-state index in [4.69, 9.17) is 4.98 Å². The molecule has 1 unspecified atom stereocenters. The Morgan fingerprint density at radius 1 is 1.09 bits per heavy atom. The van der Waals surface area contributed by atoms with Gasteiger partial charge in [0.05, 0.1) is 16.7 Å². The number of pyridine rings is 1. The van der Waals surface area contributed by atoms with Gasteiger partial charge in [-0.3, -0.25) is 9.59 Å². The van der Waals surface area contributed by atoms with E-state index >= 15 is 0 Å². The van der Waals surface area contributed by atoms with E-state index in [0.717, 1.165) is 24.1 Å². The first-order valence-electron chi connectivity index (χ1n) is 11.0. The number of aromatic nitrogens is 3. The average molecular weight is 457 g/mol. The standard InChI is InChI=1S/C26H24N4O2S/c1-17-11-14-23(27-15-17)30-25(32)20-8-4-5-9-21(20)28-26(30)33-16-24(31)29-18(2)12-13-19-7-3-6-10-22(19)29/h3-11,14-15,18H,12-13,16H2,1-2H3. The highest BCUT2D eigenvalue weighted by Gasteiger charge is 2.28. The summed E-state index contributed by atoms with van der Waals surface area (Å²) in [7, 11) is 0. The first-order valence-corrected chi connectivity index (χ1v) is 12.0. The summed E-state index contributed by atoms with van der Waals surface area (Å²) in [6, 6.07) is 19.2. The maximum absolute atomic E-state index is 13.4. The molecule has 7 heteroatoms. The normalized spacial score (nSPS) is 15.5. The molecule has 0 saturated heterocycles. The van der Waals surface area contributed by atoms with Gasteiger partial charge >= 0.3 is 0 Å². The molecular formula is C26H24N4O2S. The molecule has 1 aliphatic rings. The predicted octanol–water partition coefficient (Wildman–Crippen LogP) is 4.55. The Labute approximate surface area is 196 Å². The fourth-order valence-electron chi connectivity index (χ4n) is 4.27. The molecule has 0 aliphatic carbocycles. The van der Waals surface area contributed by atoms with Crippen LogP contribution in [0.2, 0.25) is 0 Å². The van der Waals surface area contributed by atoms with Crippen LogP contribution < -0.4 is 10.5 Å². The number of amides is 1. The second-order valence-corrected chi connectivity index (χ2v) is 9.26. The fourth-order valence-corrected chi connectivity index (χ4v) is 5.13. The van der Waals surface area contributed by atoms with Gasteiger partial charge in [-0.2, -0.15) is 0 Å². The first kappa shape index (κ1) is 21.4. The number of rotatable bonds is 4. The summed E-state index contributed by atoms with van der Waals surface area (Å²) in [5.74, 6) is 0.677. The molecule has 5 rings (SSSR count). The minimum absolute atomic E-state index is 0.00507. The Hall–Kier alpha value is -3.45. The van der Waals surface area contributed by atoms with Crippen LogP contribution in [-0.4, -0.2) is 32.2 Å². The van der Waals surface area contributed by atoms with Crippen LogP contribution in [0.1, 0.15) is 24.5 Å². The molecule has 0 fully saturated rings. The lowest BCUT2D eigenvalue weighted by atomic mass is 9.97. The van der Waals surface area contributed by atoms with Gasteiger partial charge in [-0.15, -0.1) is 0 Å². The highest BCUT2D eigenvalue weighted by Crippen LogP contribution is 2.31. The van der Waals surface area contributed by atoms with Crippen LogP contribution in [0.4, 0.5) is 5.69 Å². The van der Waals surface area contributed by atoms with Crippen molar-refractivity contribution in [2.45, 2.75) is 37.9 Å². The van der Waals surface area contributed by atoms with Gasteiger partial charge in [-0.1, -0.05) is 48.2 Å². The van der Waals surface area contributed by atoms with E-state index in [9.17, 15) is 9.59 Å².